The molecule has 0 bridgehead atoms. The molecule has 0 saturated carbocycles. The highest BCUT2D eigenvalue weighted by molar-refractivity contribution is 6.39. The summed E-state index contributed by atoms with van der Waals surface area (Å²) in [5.74, 6) is -0.302. The van der Waals surface area contributed by atoms with Gasteiger partial charge in [0, 0.05) is 16.9 Å². The van der Waals surface area contributed by atoms with E-state index in [-0.39, 0.29) is 21.7 Å². The zero-order valence-electron chi connectivity index (χ0n) is 12.1. The Balaban J connectivity index is 1.80. The molecule has 0 saturated heterocycles. The van der Waals surface area contributed by atoms with E-state index in [9.17, 15) is 4.79 Å². The van der Waals surface area contributed by atoms with Crippen LogP contribution >= 0.6 is 23.2 Å². The van der Waals surface area contributed by atoms with Crippen molar-refractivity contribution in [3.05, 3.63) is 76.0 Å². The molecule has 0 radical (unpaired) electrons. The number of anilines is 1. The summed E-state index contributed by atoms with van der Waals surface area (Å²) < 4.78 is 0. The summed E-state index contributed by atoms with van der Waals surface area (Å²) >= 11 is 11.9. The summed E-state index contributed by atoms with van der Waals surface area (Å²) in [6, 6.07) is 7.11. The minimum atomic E-state index is -0.302. The first kappa shape index (κ1) is 15.7. The summed E-state index contributed by atoms with van der Waals surface area (Å²) in [4.78, 5) is 20.1. The fourth-order valence-corrected chi connectivity index (χ4v) is 2.74. The first-order valence-corrected chi connectivity index (χ1v) is 7.85. The second kappa shape index (κ2) is 6.94. The lowest BCUT2D eigenvalue weighted by atomic mass is 10.1. The van der Waals surface area contributed by atoms with E-state index >= 15 is 0 Å². The van der Waals surface area contributed by atoms with Crippen LogP contribution in [0.15, 0.2) is 54.5 Å². The van der Waals surface area contributed by atoms with Gasteiger partial charge in [-0.05, 0) is 43.2 Å². The molecule has 6 heteroatoms. The number of ketones is 1. The Kier molecular flexibility index (Phi) is 4.74. The maximum absolute atomic E-state index is 12.5. The third-order valence-corrected chi connectivity index (χ3v) is 3.99. The zero-order valence-corrected chi connectivity index (χ0v) is 13.6. The van der Waals surface area contributed by atoms with E-state index in [4.69, 9.17) is 23.2 Å². The number of allylic oxidation sites excluding steroid dienone is 3. The molecule has 1 aromatic carbocycles. The third-order valence-electron chi connectivity index (χ3n) is 3.41. The normalized spacial score (nSPS) is 13.6. The number of benzene rings is 1. The molecule has 0 aliphatic heterocycles. The first-order chi connectivity index (χ1) is 11.1. The molecule has 0 fully saturated rings. The summed E-state index contributed by atoms with van der Waals surface area (Å²) in [5.41, 5.74) is 2.55. The van der Waals surface area contributed by atoms with Crippen LogP contribution in [0.5, 0.6) is 0 Å². The van der Waals surface area contributed by atoms with Gasteiger partial charge in [0.15, 0.2) is 5.78 Å². The number of hydrogen-bond acceptors (Lipinski definition) is 4. The third kappa shape index (κ3) is 3.60. The Morgan fingerprint density at radius 1 is 1.04 bits per heavy atom. The van der Waals surface area contributed by atoms with Crippen molar-refractivity contribution in [3.63, 3.8) is 0 Å². The number of nitrogens with zero attached hydrogens (tertiary/aromatic N) is 2. The molecule has 0 unspecified atom stereocenters. The van der Waals surface area contributed by atoms with Gasteiger partial charge >= 0.3 is 0 Å². The lowest BCUT2D eigenvalue weighted by Gasteiger charge is -2.11. The topological polar surface area (TPSA) is 54.9 Å². The van der Waals surface area contributed by atoms with Crippen LogP contribution in [0, 0.1) is 0 Å². The van der Waals surface area contributed by atoms with Gasteiger partial charge in [-0.1, -0.05) is 35.4 Å². The van der Waals surface area contributed by atoms with Crippen LogP contribution in [0.2, 0.25) is 10.3 Å². The standard InChI is InChI=1S/C17H13Cl2N3O/c18-16-14(17(19)21-10-20-16)15(23)11-6-8-13(9-7-11)22-12-4-2-1-3-5-12/h2,4-10,22H,1,3H2. The number of hydrogen-bond donors (Lipinski definition) is 1. The number of aromatic nitrogens is 2. The Hall–Kier alpha value is -2.17. The number of halogens is 2. The smallest absolute Gasteiger partial charge is 0.199 e. The van der Waals surface area contributed by atoms with Gasteiger partial charge in [0.05, 0.1) is 5.56 Å². The molecule has 3 rings (SSSR count). The highest BCUT2D eigenvalue weighted by Crippen LogP contribution is 2.24. The average molecular weight is 346 g/mol. The Morgan fingerprint density at radius 2 is 1.74 bits per heavy atom. The van der Waals surface area contributed by atoms with E-state index in [1.54, 1.807) is 12.1 Å². The predicted octanol–water partition coefficient (Wildman–Crippen LogP) is 4.66. The van der Waals surface area contributed by atoms with Gasteiger partial charge in [0.1, 0.15) is 16.6 Å². The molecule has 0 atom stereocenters. The molecule has 1 heterocycles. The van der Waals surface area contributed by atoms with Crippen molar-refractivity contribution in [2.24, 2.45) is 0 Å². The molecule has 1 aliphatic rings. The lowest BCUT2D eigenvalue weighted by Crippen LogP contribution is -2.06. The maximum atomic E-state index is 12.5. The fraction of sp³-hybridized carbons (Fsp3) is 0.118. The molecule has 23 heavy (non-hydrogen) atoms. The average Bonchev–Trinajstić information content (AvgIpc) is 2.56. The number of carbonyl (C=O) groups is 1. The molecule has 1 aliphatic carbocycles. The minimum Gasteiger partial charge on any atom is -0.356 e. The number of rotatable bonds is 4. The van der Waals surface area contributed by atoms with Crippen LogP contribution < -0.4 is 5.32 Å². The first-order valence-electron chi connectivity index (χ1n) is 7.09. The van der Waals surface area contributed by atoms with Crippen LogP contribution in [0.3, 0.4) is 0 Å². The van der Waals surface area contributed by atoms with E-state index in [1.165, 1.54) is 6.33 Å². The van der Waals surface area contributed by atoms with E-state index in [1.807, 2.05) is 18.2 Å². The molecule has 1 N–H and O–H groups in total. The highest BCUT2D eigenvalue weighted by atomic mass is 35.5. The second-order valence-corrected chi connectivity index (χ2v) is 5.72. The van der Waals surface area contributed by atoms with Crippen molar-refractivity contribution in [2.45, 2.75) is 12.8 Å². The van der Waals surface area contributed by atoms with Gasteiger partial charge in [-0.15, -0.1) is 0 Å². The van der Waals surface area contributed by atoms with Crippen molar-refractivity contribution < 1.29 is 4.79 Å². The minimum absolute atomic E-state index is 0.0506. The highest BCUT2D eigenvalue weighted by Gasteiger charge is 2.18. The Morgan fingerprint density at radius 3 is 2.35 bits per heavy atom. The molecule has 2 aromatic rings. The maximum Gasteiger partial charge on any atom is 0.199 e. The summed E-state index contributed by atoms with van der Waals surface area (Å²) in [6.45, 7) is 0. The molecule has 4 nitrogen and oxygen atoms in total. The lowest BCUT2D eigenvalue weighted by molar-refractivity contribution is 0.103. The largest absolute Gasteiger partial charge is 0.356 e. The molecule has 0 amide bonds. The molecular formula is C17H13Cl2N3O. The SMILES string of the molecule is O=C(c1ccc(NC2=CCCC=C2)cc1)c1c(Cl)ncnc1Cl. The van der Waals surface area contributed by atoms with E-state index in [2.05, 4.69) is 27.4 Å². The van der Waals surface area contributed by atoms with E-state index in [0.29, 0.717) is 5.56 Å². The monoisotopic (exact) mass is 345 g/mol. The summed E-state index contributed by atoms with van der Waals surface area (Å²) in [7, 11) is 0. The summed E-state index contributed by atoms with van der Waals surface area (Å²) in [6.07, 6.45) is 9.63. The molecule has 1 aromatic heterocycles. The molecule has 0 spiro atoms. The molecular weight excluding hydrogens is 333 g/mol. The zero-order chi connectivity index (χ0) is 16.2. The van der Waals surface area contributed by atoms with Crippen LogP contribution in [-0.2, 0) is 0 Å². The summed E-state index contributed by atoms with van der Waals surface area (Å²) in [5, 5.41) is 3.40. The van der Waals surface area contributed by atoms with Crippen LogP contribution in [0.25, 0.3) is 0 Å². The fourth-order valence-electron chi connectivity index (χ4n) is 2.25. The van der Waals surface area contributed by atoms with E-state index < -0.39 is 0 Å². The predicted molar refractivity (Wildman–Crippen MR) is 92.0 cm³/mol. The van der Waals surface area contributed by atoms with Crippen molar-refractivity contribution in [1.82, 2.24) is 9.97 Å². The van der Waals surface area contributed by atoms with Crippen molar-refractivity contribution in [2.75, 3.05) is 5.32 Å². The van der Waals surface area contributed by atoms with Gasteiger partial charge in [-0.25, -0.2) is 9.97 Å². The molecule has 116 valence electrons. The van der Waals surface area contributed by atoms with Gasteiger partial charge in [-0.3, -0.25) is 4.79 Å². The van der Waals surface area contributed by atoms with Crippen LogP contribution in [0.4, 0.5) is 5.69 Å². The van der Waals surface area contributed by atoms with Crippen molar-refractivity contribution in [3.8, 4) is 0 Å². The Bertz CT molecular complexity index is 778. The van der Waals surface area contributed by atoms with Gasteiger partial charge < -0.3 is 5.32 Å². The quantitative estimate of drug-likeness (QED) is 0.646. The second-order valence-electron chi connectivity index (χ2n) is 5.00. The Labute approximate surface area is 143 Å². The van der Waals surface area contributed by atoms with Crippen LogP contribution in [-0.4, -0.2) is 15.8 Å². The van der Waals surface area contributed by atoms with Crippen molar-refractivity contribution in [1.29, 1.82) is 0 Å². The number of nitrogens with one attached hydrogen (secondary N) is 1. The number of carbonyl (C=O) groups excluding carboxylic acids is 1. The van der Waals surface area contributed by atoms with E-state index in [0.717, 1.165) is 24.2 Å². The van der Waals surface area contributed by atoms with Gasteiger partial charge in [0.25, 0.3) is 0 Å². The van der Waals surface area contributed by atoms with Gasteiger partial charge in [0.2, 0.25) is 0 Å². The van der Waals surface area contributed by atoms with Crippen LogP contribution in [0.1, 0.15) is 28.8 Å². The van der Waals surface area contributed by atoms with Crippen molar-refractivity contribution >= 4 is 34.7 Å². The van der Waals surface area contributed by atoms with Gasteiger partial charge in [-0.2, -0.15) is 0 Å².